The van der Waals surface area contributed by atoms with Crippen LogP contribution in [0.5, 0.6) is 0 Å². The van der Waals surface area contributed by atoms with Gasteiger partial charge in [0.1, 0.15) is 24.7 Å². The van der Waals surface area contributed by atoms with Crippen LogP contribution in [0, 0.1) is 17.0 Å². The smallest absolute Gasteiger partial charge is 0.272 e. The van der Waals surface area contributed by atoms with Gasteiger partial charge in [-0.15, -0.1) is 10.2 Å². The molecule has 2 aromatic heterocycles. The second-order valence-corrected chi connectivity index (χ2v) is 2.96. The molecule has 15 heavy (non-hydrogen) atoms. The number of aromatic nitrogens is 4. The van der Waals surface area contributed by atoms with Crippen molar-refractivity contribution in [3.05, 3.63) is 40.6 Å². The maximum absolute atomic E-state index is 10.6. The average Bonchev–Trinajstić information content (AvgIpc) is 2.69. The minimum Gasteiger partial charge on any atom is -0.272 e. The summed E-state index contributed by atoms with van der Waals surface area (Å²) in [5, 5.41) is 17.8. The monoisotopic (exact) mass is 205 g/mol. The van der Waals surface area contributed by atoms with Crippen molar-refractivity contribution in [2.45, 2.75) is 6.92 Å². The van der Waals surface area contributed by atoms with Gasteiger partial charge in [0.05, 0.1) is 4.92 Å². The van der Waals surface area contributed by atoms with Crippen molar-refractivity contribution in [2.24, 2.45) is 0 Å². The van der Waals surface area contributed by atoms with Gasteiger partial charge in [-0.1, -0.05) is 0 Å². The van der Waals surface area contributed by atoms with Gasteiger partial charge in [-0.05, 0) is 13.0 Å². The molecule has 0 N–H and O–H groups in total. The maximum atomic E-state index is 10.6. The molecular weight excluding hydrogens is 198 g/mol. The third kappa shape index (κ3) is 1.66. The highest BCUT2D eigenvalue weighted by Gasteiger charge is 2.11. The number of hydrogen-bond acceptors (Lipinski definition) is 5. The van der Waals surface area contributed by atoms with Crippen LogP contribution in [0.1, 0.15) is 5.56 Å². The summed E-state index contributed by atoms with van der Waals surface area (Å²) in [5.74, 6) is 0.558. The fourth-order valence-corrected chi connectivity index (χ4v) is 1.19. The summed E-state index contributed by atoms with van der Waals surface area (Å²) in [6.45, 7) is 1.66. The molecule has 7 nitrogen and oxygen atoms in total. The number of nitro groups is 1. The number of aryl methyl sites for hydroxylation is 1. The van der Waals surface area contributed by atoms with Crippen molar-refractivity contribution >= 4 is 5.69 Å². The lowest BCUT2D eigenvalue weighted by molar-refractivity contribution is -0.385. The highest BCUT2D eigenvalue weighted by molar-refractivity contribution is 5.41. The van der Waals surface area contributed by atoms with E-state index in [0.29, 0.717) is 11.4 Å². The molecule has 0 fully saturated rings. The van der Waals surface area contributed by atoms with Gasteiger partial charge in [-0.2, -0.15) is 0 Å². The van der Waals surface area contributed by atoms with Crippen molar-refractivity contribution in [3.8, 4) is 5.82 Å². The van der Waals surface area contributed by atoms with Crippen LogP contribution in [0.15, 0.2) is 24.9 Å². The van der Waals surface area contributed by atoms with Crippen LogP contribution < -0.4 is 0 Å². The van der Waals surface area contributed by atoms with Crippen LogP contribution in [-0.2, 0) is 0 Å². The number of nitrogens with zero attached hydrogens (tertiary/aromatic N) is 5. The molecule has 0 bridgehead atoms. The van der Waals surface area contributed by atoms with E-state index in [0.717, 1.165) is 0 Å². The van der Waals surface area contributed by atoms with Crippen LogP contribution >= 0.6 is 0 Å². The van der Waals surface area contributed by atoms with Gasteiger partial charge in [0, 0.05) is 5.56 Å². The van der Waals surface area contributed by atoms with E-state index in [9.17, 15) is 10.1 Å². The van der Waals surface area contributed by atoms with E-state index in [-0.39, 0.29) is 5.69 Å². The molecular formula is C8H7N5O2. The Bertz CT molecular complexity index is 494. The van der Waals surface area contributed by atoms with Crippen molar-refractivity contribution in [3.63, 3.8) is 0 Å². The zero-order valence-electron chi connectivity index (χ0n) is 7.86. The van der Waals surface area contributed by atoms with Gasteiger partial charge in [0.25, 0.3) is 5.69 Å². The van der Waals surface area contributed by atoms with Crippen LogP contribution in [0.4, 0.5) is 5.69 Å². The van der Waals surface area contributed by atoms with E-state index in [1.807, 2.05) is 0 Å². The molecule has 0 atom stereocenters. The first-order valence-corrected chi connectivity index (χ1v) is 4.14. The summed E-state index contributed by atoms with van der Waals surface area (Å²) in [4.78, 5) is 14.0. The third-order valence-corrected chi connectivity index (χ3v) is 1.95. The van der Waals surface area contributed by atoms with E-state index in [2.05, 4.69) is 15.2 Å². The van der Waals surface area contributed by atoms with Crippen molar-refractivity contribution in [1.29, 1.82) is 0 Å². The topological polar surface area (TPSA) is 86.7 Å². The Labute approximate surface area is 84.6 Å². The van der Waals surface area contributed by atoms with Crippen LogP contribution in [0.25, 0.3) is 5.82 Å². The molecule has 0 saturated carbocycles. The molecule has 7 heteroatoms. The molecule has 2 heterocycles. The second kappa shape index (κ2) is 3.45. The Hall–Kier alpha value is -2.31. The summed E-state index contributed by atoms with van der Waals surface area (Å²) < 4.78 is 1.58. The predicted octanol–water partition coefficient (Wildman–Crippen LogP) is 0.879. The first-order chi connectivity index (χ1) is 7.18. The molecule has 0 radical (unpaired) electrons. The van der Waals surface area contributed by atoms with E-state index >= 15 is 0 Å². The molecule has 0 saturated heterocycles. The Kier molecular flexibility index (Phi) is 2.13. The molecule has 0 spiro atoms. The molecule has 76 valence electrons. The van der Waals surface area contributed by atoms with E-state index in [1.54, 1.807) is 17.6 Å². The van der Waals surface area contributed by atoms with Gasteiger partial charge in [-0.25, -0.2) is 4.98 Å². The van der Waals surface area contributed by atoms with Crippen LogP contribution in [0.2, 0.25) is 0 Å². The SMILES string of the molecule is Cc1cc(-n2cnnc2)ncc1[N+](=O)[O-]. The Morgan fingerprint density at radius 3 is 2.60 bits per heavy atom. The first kappa shape index (κ1) is 9.25. The zero-order valence-corrected chi connectivity index (χ0v) is 7.86. The van der Waals surface area contributed by atoms with Gasteiger partial charge in [0.2, 0.25) is 0 Å². The highest BCUT2D eigenvalue weighted by atomic mass is 16.6. The van der Waals surface area contributed by atoms with E-state index in [4.69, 9.17) is 0 Å². The summed E-state index contributed by atoms with van der Waals surface area (Å²) in [6, 6.07) is 1.61. The lowest BCUT2D eigenvalue weighted by Gasteiger charge is -2.01. The largest absolute Gasteiger partial charge is 0.290 e. The summed E-state index contributed by atoms with van der Waals surface area (Å²) in [6.07, 6.45) is 4.19. The summed E-state index contributed by atoms with van der Waals surface area (Å²) in [7, 11) is 0. The summed E-state index contributed by atoms with van der Waals surface area (Å²) >= 11 is 0. The minimum atomic E-state index is -0.460. The fraction of sp³-hybridized carbons (Fsp3) is 0.125. The lowest BCUT2D eigenvalue weighted by atomic mass is 10.2. The Morgan fingerprint density at radius 2 is 2.07 bits per heavy atom. The normalized spacial score (nSPS) is 10.2. The Morgan fingerprint density at radius 1 is 1.40 bits per heavy atom. The quantitative estimate of drug-likeness (QED) is 0.536. The van der Waals surface area contributed by atoms with Crippen molar-refractivity contribution in [1.82, 2.24) is 19.7 Å². The van der Waals surface area contributed by atoms with Crippen molar-refractivity contribution < 1.29 is 4.92 Å². The lowest BCUT2D eigenvalue weighted by Crippen LogP contribution is -1.98. The molecule has 2 rings (SSSR count). The first-order valence-electron chi connectivity index (χ1n) is 4.14. The average molecular weight is 205 g/mol. The predicted molar refractivity (Wildman–Crippen MR) is 50.5 cm³/mol. The molecule has 0 aliphatic rings. The van der Waals surface area contributed by atoms with E-state index < -0.39 is 4.92 Å². The molecule has 0 aromatic carbocycles. The third-order valence-electron chi connectivity index (χ3n) is 1.95. The number of hydrogen-bond donors (Lipinski definition) is 0. The fourth-order valence-electron chi connectivity index (χ4n) is 1.19. The Balaban J connectivity index is 2.47. The minimum absolute atomic E-state index is 0.00632. The van der Waals surface area contributed by atoms with Gasteiger partial charge >= 0.3 is 0 Å². The van der Waals surface area contributed by atoms with Crippen LogP contribution in [0.3, 0.4) is 0 Å². The zero-order chi connectivity index (χ0) is 10.8. The maximum Gasteiger partial charge on any atom is 0.290 e. The van der Waals surface area contributed by atoms with Crippen LogP contribution in [-0.4, -0.2) is 24.7 Å². The van der Waals surface area contributed by atoms with Gasteiger partial charge in [0.15, 0.2) is 0 Å². The standard InChI is InChI=1S/C8H7N5O2/c1-6-2-8(12-4-10-11-5-12)9-3-7(6)13(14)15/h2-5H,1H3. The van der Waals surface area contributed by atoms with E-state index in [1.165, 1.54) is 18.9 Å². The summed E-state index contributed by atoms with van der Waals surface area (Å²) in [5.41, 5.74) is 0.561. The molecule has 0 amide bonds. The number of pyridine rings is 1. The molecule has 0 aliphatic heterocycles. The molecule has 0 unspecified atom stereocenters. The molecule has 2 aromatic rings. The number of rotatable bonds is 2. The molecule has 0 aliphatic carbocycles. The van der Waals surface area contributed by atoms with Gasteiger partial charge in [-0.3, -0.25) is 14.7 Å². The highest BCUT2D eigenvalue weighted by Crippen LogP contribution is 2.17. The van der Waals surface area contributed by atoms with Crippen molar-refractivity contribution in [2.75, 3.05) is 0 Å². The van der Waals surface area contributed by atoms with Gasteiger partial charge < -0.3 is 0 Å². The second-order valence-electron chi connectivity index (χ2n) is 2.96.